The smallest absolute Gasteiger partial charge is 0.217 e. The fourth-order valence-corrected chi connectivity index (χ4v) is 5.50. The van der Waals surface area contributed by atoms with Crippen LogP contribution in [0.1, 0.15) is 81.4 Å². The van der Waals surface area contributed by atoms with Gasteiger partial charge in [0.05, 0.1) is 25.5 Å². The van der Waals surface area contributed by atoms with Gasteiger partial charge in [-0.2, -0.15) is 4.98 Å². The molecule has 0 N–H and O–H groups in total. The van der Waals surface area contributed by atoms with Gasteiger partial charge in [-0.25, -0.2) is 4.98 Å². The summed E-state index contributed by atoms with van der Waals surface area (Å²) in [4.78, 5) is 12.1. The van der Waals surface area contributed by atoms with E-state index in [1.54, 1.807) is 0 Å². The molecular formula is C27H40N4O5. The molecule has 36 heavy (non-hydrogen) atoms. The molecule has 0 amide bonds. The molecule has 2 aromatic rings. The SMILES string of the molecule is C[C@H](Oc1cc(C2COCCO2)nc(-c2noc3c2CCCCCCCCOC3)n1)[C@@H]1CCCN1C. The largest absolute Gasteiger partial charge is 0.473 e. The quantitative estimate of drug-likeness (QED) is 0.588. The van der Waals surface area contributed by atoms with Gasteiger partial charge in [0.1, 0.15) is 18.8 Å². The van der Waals surface area contributed by atoms with Crippen molar-refractivity contribution in [2.45, 2.75) is 89.6 Å². The molecule has 0 aliphatic carbocycles. The number of hydrogen-bond donors (Lipinski definition) is 0. The lowest BCUT2D eigenvalue weighted by atomic mass is 10.0. The van der Waals surface area contributed by atoms with E-state index in [4.69, 9.17) is 33.4 Å². The van der Waals surface area contributed by atoms with Crippen molar-refractivity contribution in [2.75, 3.05) is 40.0 Å². The Morgan fingerprint density at radius 3 is 2.67 bits per heavy atom. The van der Waals surface area contributed by atoms with E-state index in [1.807, 2.05) is 6.07 Å². The Bertz CT molecular complexity index is 977. The molecule has 0 bridgehead atoms. The minimum atomic E-state index is -0.261. The van der Waals surface area contributed by atoms with Gasteiger partial charge in [-0.1, -0.05) is 30.8 Å². The number of aromatic nitrogens is 3. The van der Waals surface area contributed by atoms with Crippen molar-refractivity contribution in [3.63, 3.8) is 0 Å². The second-order valence-electron chi connectivity index (χ2n) is 10.3. The minimum Gasteiger partial charge on any atom is -0.473 e. The number of nitrogens with zero attached hydrogens (tertiary/aromatic N) is 4. The monoisotopic (exact) mass is 500 g/mol. The zero-order chi connectivity index (χ0) is 24.7. The van der Waals surface area contributed by atoms with Gasteiger partial charge < -0.3 is 23.5 Å². The van der Waals surface area contributed by atoms with Crippen molar-refractivity contribution in [1.82, 2.24) is 20.0 Å². The van der Waals surface area contributed by atoms with Gasteiger partial charge in [-0.05, 0) is 52.6 Å². The zero-order valence-electron chi connectivity index (χ0n) is 21.7. The van der Waals surface area contributed by atoms with Gasteiger partial charge >= 0.3 is 0 Å². The molecule has 3 aliphatic rings. The van der Waals surface area contributed by atoms with Crippen LogP contribution in [0.25, 0.3) is 11.5 Å². The van der Waals surface area contributed by atoms with E-state index < -0.39 is 0 Å². The number of ether oxygens (including phenoxy) is 4. The lowest BCUT2D eigenvalue weighted by Crippen LogP contribution is -2.38. The highest BCUT2D eigenvalue weighted by Crippen LogP contribution is 2.31. The lowest BCUT2D eigenvalue weighted by molar-refractivity contribution is -0.0918. The predicted molar refractivity (Wildman–Crippen MR) is 134 cm³/mol. The van der Waals surface area contributed by atoms with Crippen LogP contribution in [0, 0.1) is 0 Å². The van der Waals surface area contributed by atoms with Crippen molar-refractivity contribution in [3.8, 4) is 17.4 Å². The first-order valence-corrected chi connectivity index (χ1v) is 13.7. The Balaban J connectivity index is 1.45. The first-order chi connectivity index (χ1) is 17.7. The maximum absolute atomic E-state index is 6.42. The lowest BCUT2D eigenvalue weighted by Gasteiger charge is -2.27. The van der Waals surface area contributed by atoms with E-state index in [-0.39, 0.29) is 12.2 Å². The van der Waals surface area contributed by atoms with E-state index in [0.717, 1.165) is 55.9 Å². The van der Waals surface area contributed by atoms with Gasteiger partial charge in [0, 0.05) is 24.3 Å². The fraction of sp³-hybridized carbons (Fsp3) is 0.741. The predicted octanol–water partition coefficient (Wildman–Crippen LogP) is 4.49. The van der Waals surface area contributed by atoms with E-state index in [9.17, 15) is 0 Å². The molecule has 0 spiro atoms. The molecule has 5 heterocycles. The highest BCUT2D eigenvalue weighted by atomic mass is 16.6. The molecule has 0 aromatic carbocycles. The highest BCUT2D eigenvalue weighted by Gasteiger charge is 2.30. The molecule has 2 aromatic heterocycles. The summed E-state index contributed by atoms with van der Waals surface area (Å²) in [7, 11) is 2.16. The molecule has 2 saturated heterocycles. The molecule has 0 radical (unpaired) electrons. The second-order valence-corrected chi connectivity index (χ2v) is 10.3. The zero-order valence-corrected chi connectivity index (χ0v) is 21.7. The van der Waals surface area contributed by atoms with Crippen LogP contribution in [0.15, 0.2) is 10.6 Å². The molecule has 9 heteroatoms. The van der Waals surface area contributed by atoms with E-state index in [2.05, 4.69) is 24.0 Å². The summed E-state index contributed by atoms with van der Waals surface area (Å²) in [5, 5.41) is 4.44. The summed E-state index contributed by atoms with van der Waals surface area (Å²) in [6, 6.07) is 2.26. The van der Waals surface area contributed by atoms with Gasteiger partial charge in [0.2, 0.25) is 5.88 Å². The fourth-order valence-electron chi connectivity index (χ4n) is 5.50. The van der Waals surface area contributed by atoms with E-state index in [1.165, 1.54) is 32.1 Å². The molecule has 3 atom stereocenters. The van der Waals surface area contributed by atoms with Crippen LogP contribution in [0.5, 0.6) is 5.88 Å². The van der Waals surface area contributed by atoms with Gasteiger partial charge in [-0.3, -0.25) is 4.90 Å². The summed E-state index contributed by atoms with van der Waals surface area (Å²) in [5.74, 6) is 1.83. The number of hydrogen-bond acceptors (Lipinski definition) is 9. The van der Waals surface area contributed by atoms with Crippen LogP contribution in [-0.2, 0) is 27.2 Å². The third kappa shape index (κ3) is 6.25. The third-order valence-electron chi connectivity index (χ3n) is 7.57. The Kier molecular flexibility index (Phi) is 8.84. The summed E-state index contributed by atoms with van der Waals surface area (Å²) in [6.07, 6.45) is 10.0. The van der Waals surface area contributed by atoms with Crippen molar-refractivity contribution >= 4 is 0 Å². The summed E-state index contributed by atoms with van der Waals surface area (Å²) >= 11 is 0. The summed E-state index contributed by atoms with van der Waals surface area (Å²) in [6.45, 7) is 5.98. The standard InChI is InChI=1S/C27H40N4O5/c1-19(22-11-9-12-31(22)2)35-25-16-21(24-18-33-14-15-34-24)28-27(29-25)26-20-10-7-5-3-4-6-8-13-32-17-23(20)36-30-26/h16,19,22,24H,3-15,17-18H2,1-2H3/t19-,22-,24?/m0/s1. The number of fused-ring (bicyclic) bond motifs is 1. The first-order valence-electron chi connectivity index (χ1n) is 13.7. The van der Waals surface area contributed by atoms with Crippen LogP contribution in [0.2, 0.25) is 0 Å². The van der Waals surface area contributed by atoms with Crippen LogP contribution >= 0.6 is 0 Å². The van der Waals surface area contributed by atoms with Crippen molar-refractivity contribution in [3.05, 3.63) is 23.1 Å². The molecule has 1 unspecified atom stereocenters. The number of likely N-dealkylation sites (N-methyl/N-ethyl adjacent to an activating group) is 1. The number of rotatable bonds is 5. The molecule has 0 saturated carbocycles. The molecular weight excluding hydrogens is 460 g/mol. The third-order valence-corrected chi connectivity index (χ3v) is 7.57. The minimum absolute atomic E-state index is 0.00269. The van der Waals surface area contributed by atoms with Crippen LogP contribution in [0.3, 0.4) is 0 Å². The molecule has 198 valence electrons. The molecule has 9 nitrogen and oxygen atoms in total. The Labute approximate surface area is 213 Å². The van der Waals surface area contributed by atoms with Crippen molar-refractivity contribution in [1.29, 1.82) is 0 Å². The average Bonchev–Trinajstić information content (AvgIpc) is 3.50. The Morgan fingerprint density at radius 2 is 1.86 bits per heavy atom. The average molecular weight is 501 g/mol. The van der Waals surface area contributed by atoms with Gasteiger partial charge in [-0.15, -0.1) is 0 Å². The van der Waals surface area contributed by atoms with Gasteiger partial charge in [0.15, 0.2) is 17.3 Å². The van der Waals surface area contributed by atoms with Crippen molar-refractivity contribution < 1.29 is 23.5 Å². The molecule has 2 fully saturated rings. The Hall–Kier alpha value is -2.07. The first kappa shape index (κ1) is 25.6. The second kappa shape index (κ2) is 12.4. The Morgan fingerprint density at radius 1 is 1.00 bits per heavy atom. The maximum atomic E-state index is 6.42. The number of likely N-dealkylation sites (tertiary alicyclic amines) is 1. The van der Waals surface area contributed by atoms with Gasteiger partial charge in [0.25, 0.3) is 0 Å². The van der Waals surface area contributed by atoms with E-state index >= 15 is 0 Å². The maximum Gasteiger partial charge on any atom is 0.217 e. The normalized spacial score (nSPS) is 25.5. The molecule has 5 rings (SSSR count). The van der Waals surface area contributed by atoms with Crippen LogP contribution in [0.4, 0.5) is 0 Å². The topological polar surface area (TPSA) is 92.0 Å². The molecule has 3 aliphatic heterocycles. The summed E-state index contributed by atoms with van der Waals surface area (Å²) in [5.41, 5.74) is 2.48. The van der Waals surface area contributed by atoms with Crippen LogP contribution in [-0.4, -0.2) is 72.2 Å². The van der Waals surface area contributed by atoms with Crippen molar-refractivity contribution in [2.24, 2.45) is 0 Å². The highest BCUT2D eigenvalue weighted by molar-refractivity contribution is 5.56. The van der Waals surface area contributed by atoms with E-state index in [0.29, 0.717) is 49.9 Å². The summed E-state index contributed by atoms with van der Waals surface area (Å²) < 4.78 is 29.8. The van der Waals surface area contributed by atoms with Crippen LogP contribution < -0.4 is 4.74 Å².